The summed E-state index contributed by atoms with van der Waals surface area (Å²) >= 11 is 0. The fraction of sp³-hybridized carbons (Fsp3) is 0.100. The van der Waals surface area contributed by atoms with Gasteiger partial charge in [-0.15, -0.1) is 0 Å². The average molecular weight is 333 g/mol. The van der Waals surface area contributed by atoms with Gasteiger partial charge >= 0.3 is 0 Å². The van der Waals surface area contributed by atoms with Crippen LogP contribution in [0.2, 0.25) is 0 Å². The van der Waals surface area contributed by atoms with E-state index in [1.165, 1.54) is 6.21 Å². The fourth-order valence-electron chi connectivity index (χ4n) is 2.42. The molecule has 0 aliphatic rings. The zero-order chi connectivity index (χ0) is 17.6. The van der Waals surface area contributed by atoms with Gasteiger partial charge in [0.05, 0.1) is 6.21 Å². The van der Waals surface area contributed by atoms with E-state index < -0.39 is 6.04 Å². The van der Waals surface area contributed by atoms with E-state index in [0.717, 1.165) is 22.0 Å². The molecule has 0 unspecified atom stereocenters. The van der Waals surface area contributed by atoms with Crippen molar-refractivity contribution in [2.45, 2.75) is 13.0 Å². The van der Waals surface area contributed by atoms with Gasteiger partial charge in [0.2, 0.25) is 0 Å². The maximum Gasteiger partial charge on any atom is 0.262 e. The molecule has 1 amide bonds. The third kappa shape index (κ3) is 4.35. The Kier molecular flexibility index (Phi) is 4.95. The maximum atomic E-state index is 12.1. The highest BCUT2D eigenvalue weighted by Crippen LogP contribution is 2.19. The Morgan fingerprint density at radius 3 is 2.52 bits per heavy atom. The summed E-state index contributed by atoms with van der Waals surface area (Å²) in [6, 6.07) is 20.2. The number of amides is 1. The number of hydrazone groups is 1. The van der Waals surface area contributed by atoms with Crippen LogP contribution in [0.4, 0.5) is 5.69 Å². The van der Waals surface area contributed by atoms with E-state index in [0.29, 0.717) is 0 Å². The Labute approximate surface area is 146 Å². The van der Waals surface area contributed by atoms with Crippen LogP contribution in [0, 0.1) is 0 Å². The minimum Gasteiger partial charge on any atom is -0.508 e. The molecule has 0 spiro atoms. The first kappa shape index (κ1) is 16.5. The highest BCUT2D eigenvalue weighted by atomic mass is 16.3. The first-order chi connectivity index (χ1) is 12.1. The summed E-state index contributed by atoms with van der Waals surface area (Å²) in [5, 5.41) is 18.6. The predicted octanol–water partition coefficient (Wildman–Crippen LogP) is 3.50. The van der Waals surface area contributed by atoms with E-state index in [2.05, 4.69) is 15.8 Å². The summed E-state index contributed by atoms with van der Waals surface area (Å²) in [4.78, 5) is 12.1. The van der Waals surface area contributed by atoms with Crippen LogP contribution in [-0.2, 0) is 4.79 Å². The van der Waals surface area contributed by atoms with Crippen molar-refractivity contribution >= 4 is 28.6 Å². The number of carbonyl (C=O) groups is 1. The van der Waals surface area contributed by atoms with Crippen molar-refractivity contribution in [2.75, 3.05) is 5.32 Å². The van der Waals surface area contributed by atoms with Gasteiger partial charge in [0.25, 0.3) is 5.91 Å². The summed E-state index contributed by atoms with van der Waals surface area (Å²) < 4.78 is 0. The second-order valence-electron chi connectivity index (χ2n) is 5.75. The SMILES string of the molecule is C[C@@H](Nc1ccc2ccccc2c1)C(=O)N/N=C\c1ccc(O)cc1. The molecule has 3 rings (SSSR count). The molecule has 25 heavy (non-hydrogen) atoms. The molecular weight excluding hydrogens is 314 g/mol. The lowest BCUT2D eigenvalue weighted by Crippen LogP contribution is -2.34. The largest absolute Gasteiger partial charge is 0.508 e. The normalized spacial score (nSPS) is 12.2. The topological polar surface area (TPSA) is 73.7 Å². The Balaban J connectivity index is 1.58. The molecule has 0 aliphatic carbocycles. The highest BCUT2D eigenvalue weighted by molar-refractivity contribution is 5.89. The van der Waals surface area contributed by atoms with Gasteiger partial charge in [0, 0.05) is 5.69 Å². The van der Waals surface area contributed by atoms with Gasteiger partial charge < -0.3 is 10.4 Å². The lowest BCUT2D eigenvalue weighted by molar-refractivity contribution is -0.121. The molecule has 0 saturated carbocycles. The monoisotopic (exact) mass is 333 g/mol. The highest BCUT2D eigenvalue weighted by Gasteiger charge is 2.11. The third-order valence-corrected chi connectivity index (χ3v) is 3.81. The number of fused-ring (bicyclic) bond motifs is 1. The zero-order valence-corrected chi connectivity index (χ0v) is 13.8. The molecule has 3 aromatic rings. The number of rotatable bonds is 5. The molecule has 0 radical (unpaired) electrons. The van der Waals surface area contributed by atoms with E-state index in [4.69, 9.17) is 0 Å². The van der Waals surface area contributed by atoms with Crippen molar-refractivity contribution in [1.82, 2.24) is 5.43 Å². The number of hydrogen-bond donors (Lipinski definition) is 3. The number of hydrogen-bond acceptors (Lipinski definition) is 4. The van der Waals surface area contributed by atoms with E-state index >= 15 is 0 Å². The van der Waals surface area contributed by atoms with Crippen LogP contribution in [0.25, 0.3) is 10.8 Å². The number of nitrogens with zero attached hydrogens (tertiary/aromatic N) is 1. The second-order valence-corrected chi connectivity index (χ2v) is 5.75. The predicted molar refractivity (Wildman–Crippen MR) is 101 cm³/mol. The summed E-state index contributed by atoms with van der Waals surface area (Å²) in [7, 11) is 0. The minimum atomic E-state index is -0.432. The van der Waals surface area contributed by atoms with E-state index in [9.17, 15) is 9.90 Å². The Bertz CT molecular complexity index is 904. The molecule has 0 saturated heterocycles. The van der Waals surface area contributed by atoms with Crippen LogP contribution in [0.15, 0.2) is 71.8 Å². The number of benzene rings is 3. The van der Waals surface area contributed by atoms with E-state index in [1.807, 2.05) is 42.5 Å². The quantitative estimate of drug-likeness (QED) is 0.494. The molecule has 0 aromatic heterocycles. The molecule has 3 aromatic carbocycles. The molecular formula is C20H19N3O2. The Morgan fingerprint density at radius 1 is 1.04 bits per heavy atom. The molecule has 5 heteroatoms. The number of aromatic hydroxyl groups is 1. The van der Waals surface area contributed by atoms with E-state index in [-0.39, 0.29) is 11.7 Å². The van der Waals surface area contributed by atoms with Crippen molar-refractivity contribution in [3.8, 4) is 5.75 Å². The molecule has 3 N–H and O–H groups in total. The van der Waals surface area contributed by atoms with Gasteiger partial charge in [-0.05, 0) is 59.7 Å². The van der Waals surface area contributed by atoms with Gasteiger partial charge in [0.1, 0.15) is 11.8 Å². The molecule has 0 fully saturated rings. The van der Waals surface area contributed by atoms with Crippen LogP contribution in [0.5, 0.6) is 5.75 Å². The standard InChI is InChI=1S/C20H19N3O2/c1-14(20(25)23-21-13-15-6-10-19(24)11-7-15)22-18-9-8-16-4-2-3-5-17(16)12-18/h2-14,22,24H,1H3,(H,23,25)/b21-13-/t14-/m1/s1. The minimum absolute atomic E-state index is 0.189. The zero-order valence-electron chi connectivity index (χ0n) is 13.8. The second kappa shape index (κ2) is 7.49. The summed E-state index contributed by atoms with van der Waals surface area (Å²) in [6.07, 6.45) is 1.53. The van der Waals surface area contributed by atoms with Crippen molar-refractivity contribution in [2.24, 2.45) is 5.10 Å². The van der Waals surface area contributed by atoms with Crippen LogP contribution in [-0.4, -0.2) is 23.3 Å². The molecule has 126 valence electrons. The first-order valence-electron chi connectivity index (χ1n) is 7.99. The Morgan fingerprint density at radius 2 is 1.76 bits per heavy atom. The lowest BCUT2D eigenvalue weighted by atomic mass is 10.1. The summed E-state index contributed by atoms with van der Waals surface area (Å²) in [6.45, 7) is 1.78. The van der Waals surface area contributed by atoms with E-state index in [1.54, 1.807) is 31.2 Å². The van der Waals surface area contributed by atoms with Gasteiger partial charge in [-0.3, -0.25) is 4.79 Å². The van der Waals surface area contributed by atoms with Gasteiger partial charge in [0.15, 0.2) is 0 Å². The van der Waals surface area contributed by atoms with Gasteiger partial charge in [-0.1, -0.05) is 30.3 Å². The maximum absolute atomic E-state index is 12.1. The van der Waals surface area contributed by atoms with Crippen molar-refractivity contribution in [3.63, 3.8) is 0 Å². The molecule has 0 aliphatic heterocycles. The number of phenolic OH excluding ortho intramolecular Hbond substituents is 1. The Hall–Kier alpha value is -3.34. The van der Waals surface area contributed by atoms with Crippen LogP contribution >= 0.6 is 0 Å². The molecule has 0 heterocycles. The van der Waals surface area contributed by atoms with Gasteiger partial charge in [-0.25, -0.2) is 5.43 Å². The number of carbonyl (C=O) groups excluding carboxylic acids is 1. The fourth-order valence-corrected chi connectivity index (χ4v) is 2.42. The third-order valence-electron chi connectivity index (χ3n) is 3.81. The summed E-state index contributed by atoms with van der Waals surface area (Å²) in [5.41, 5.74) is 4.17. The summed E-state index contributed by atoms with van der Waals surface area (Å²) in [5.74, 6) is -0.0439. The van der Waals surface area contributed by atoms with Crippen LogP contribution in [0.1, 0.15) is 12.5 Å². The lowest BCUT2D eigenvalue weighted by Gasteiger charge is -2.14. The number of anilines is 1. The van der Waals surface area contributed by atoms with Crippen LogP contribution < -0.4 is 10.7 Å². The van der Waals surface area contributed by atoms with Gasteiger partial charge in [-0.2, -0.15) is 5.10 Å². The van der Waals surface area contributed by atoms with Crippen molar-refractivity contribution < 1.29 is 9.90 Å². The van der Waals surface area contributed by atoms with Crippen LogP contribution in [0.3, 0.4) is 0 Å². The number of phenols is 1. The molecule has 1 atom stereocenters. The average Bonchev–Trinajstić information content (AvgIpc) is 2.63. The molecule has 5 nitrogen and oxygen atoms in total. The smallest absolute Gasteiger partial charge is 0.262 e. The number of nitrogens with one attached hydrogen (secondary N) is 2. The van der Waals surface area contributed by atoms with Crippen molar-refractivity contribution in [1.29, 1.82) is 0 Å². The molecule has 0 bridgehead atoms. The van der Waals surface area contributed by atoms with Crippen molar-refractivity contribution in [3.05, 3.63) is 72.3 Å². The first-order valence-corrected chi connectivity index (χ1v) is 7.99.